The van der Waals surface area contributed by atoms with E-state index in [-0.39, 0.29) is 23.3 Å². The van der Waals surface area contributed by atoms with Gasteiger partial charge in [-0.15, -0.1) is 0 Å². The predicted molar refractivity (Wildman–Crippen MR) is 152 cm³/mol. The number of carbonyl (C=O) groups excluding carboxylic acids is 2. The lowest BCUT2D eigenvalue weighted by Gasteiger charge is -2.19. The molecule has 210 valence electrons. The van der Waals surface area contributed by atoms with Crippen LogP contribution in [0.4, 0.5) is 25.1 Å². The number of aromatic nitrogens is 1. The largest absolute Gasteiger partial charge is 0.454 e. The van der Waals surface area contributed by atoms with Crippen LogP contribution in [0.3, 0.4) is 0 Å². The average Bonchev–Trinajstić information content (AvgIpc) is 3.35. The Balaban J connectivity index is 1.29. The molecule has 1 saturated heterocycles. The number of benzene rings is 2. The van der Waals surface area contributed by atoms with Crippen LogP contribution in [0.5, 0.6) is 11.5 Å². The number of pyridine rings is 1. The number of hydrogen-bond acceptors (Lipinski definition) is 6. The van der Waals surface area contributed by atoms with Crippen LogP contribution >= 0.6 is 12.2 Å². The third kappa shape index (κ3) is 8.42. The molecule has 12 heteroatoms. The zero-order valence-corrected chi connectivity index (χ0v) is 22.9. The SMILES string of the molecule is CN(C)C[C@@H]1CCN(C(=O)Nc2cc(Oc3ccc(NC(=S)NC(=O)Cc4ccc(F)cc4)cc3F)ccn2)C1. The molecular weight excluding hydrogens is 538 g/mol. The van der Waals surface area contributed by atoms with Gasteiger partial charge in [-0.25, -0.2) is 18.6 Å². The standard InChI is InChI=1S/C28H30F2N6O3S/c1-35(2)16-19-10-12-36(17-19)28(38)33-25-15-22(9-11-31-25)39-24-8-7-21(14-23(24)30)32-27(40)34-26(37)13-18-3-5-20(29)6-4-18/h3-9,11,14-15,19H,10,12-13,16-17H2,1-2H3,(H,31,33,38)(H2,32,34,37,40)/t19-/m0/s1. The lowest BCUT2D eigenvalue weighted by atomic mass is 10.1. The Morgan fingerprint density at radius 3 is 2.60 bits per heavy atom. The number of nitrogens with one attached hydrogen (secondary N) is 3. The summed E-state index contributed by atoms with van der Waals surface area (Å²) < 4.78 is 33.5. The normalized spacial score (nSPS) is 14.6. The van der Waals surface area contributed by atoms with Gasteiger partial charge in [0.15, 0.2) is 16.7 Å². The maximum absolute atomic E-state index is 14.8. The van der Waals surface area contributed by atoms with Gasteiger partial charge in [0.2, 0.25) is 5.91 Å². The highest BCUT2D eigenvalue weighted by Crippen LogP contribution is 2.28. The molecule has 0 radical (unpaired) electrons. The van der Waals surface area contributed by atoms with E-state index >= 15 is 0 Å². The molecule has 1 fully saturated rings. The molecule has 0 bridgehead atoms. The van der Waals surface area contributed by atoms with Gasteiger partial charge in [-0.2, -0.15) is 0 Å². The first-order chi connectivity index (χ1) is 19.1. The highest BCUT2D eigenvalue weighted by molar-refractivity contribution is 7.80. The van der Waals surface area contributed by atoms with E-state index in [2.05, 4.69) is 25.8 Å². The van der Waals surface area contributed by atoms with Crippen molar-refractivity contribution in [2.75, 3.05) is 44.4 Å². The second-order valence-electron chi connectivity index (χ2n) is 9.72. The Bertz CT molecular complexity index is 1370. The highest BCUT2D eigenvalue weighted by atomic mass is 32.1. The molecule has 4 rings (SSSR count). The van der Waals surface area contributed by atoms with Crippen LogP contribution in [-0.2, 0) is 11.2 Å². The number of halogens is 2. The number of nitrogens with zero attached hydrogens (tertiary/aromatic N) is 3. The minimum atomic E-state index is -0.670. The van der Waals surface area contributed by atoms with E-state index < -0.39 is 17.5 Å². The molecule has 3 N–H and O–H groups in total. The summed E-state index contributed by atoms with van der Waals surface area (Å²) in [6.07, 6.45) is 2.41. The Morgan fingerprint density at radius 1 is 1.10 bits per heavy atom. The van der Waals surface area contributed by atoms with Crippen LogP contribution in [0.15, 0.2) is 60.8 Å². The summed E-state index contributed by atoms with van der Waals surface area (Å²) in [5, 5.41) is 8.02. The maximum Gasteiger partial charge on any atom is 0.323 e. The molecular formula is C28H30F2N6O3S. The number of anilines is 2. The molecule has 9 nitrogen and oxygen atoms in total. The van der Waals surface area contributed by atoms with Crippen LogP contribution in [0, 0.1) is 17.6 Å². The summed E-state index contributed by atoms with van der Waals surface area (Å²) in [5.74, 6) is -0.500. The number of amides is 3. The quantitative estimate of drug-likeness (QED) is 0.341. The molecule has 2 heterocycles. The van der Waals surface area contributed by atoms with Crippen LogP contribution in [-0.4, -0.2) is 65.6 Å². The number of rotatable bonds is 8. The Labute approximate surface area is 236 Å². The summed E-state index contributed by atoms with van der Waals surface area (Å²) in [6.45, 7) is 2.27. The van der Waals surface area contributed by atoms with Crippen molar-refractivity contribution in [1.82, 2.24) is 20.1 Å². The van der Waals surface area contributed by atoms with Gasteiger partial charge in [-0.05, 0) is 74.5 Å². The second-order valence-corrected chi connectivity index (χ2v) is 10.1. The Morgan fingerprint density at radius 2 is 1.88 bits per heavy atom. The molecule has 3 aromatic rings. The fourth-order valence-electron chi connectivity index (χ4n) is 4.32. The van der Waals surface area contributed by atoms with Crippen molar-refractivity contribution < 1.29 is 23.1 Å². The molecule has 1 aliphatic heterocycles. The van der Waals surface area contributed by atoms with Crippen molar-refractivity contribution in [3.63, 3.8) is 0 Å². The summed E-state index contributed by atoms with van der Waals surface area (Å²) >= 11 is 5.14. The minimum absolute atomic E-state index is 0.00657. The number of hydrogen-bond donors (Lipinski definition) is 3. The average molecular weight is 569 g/mol. The summed E-state index contributed by atoms with van der Waals surface area (Å²) in [6, 6.07) is 12.5. The molecule has 3 amide bonds. The third-order valence-electron chi connectivity index (χ3n) is 6.11. The number of likely N-dealkylation sites (tertiary alicyclic amines) is 1. The monoisotopic (exact) mass is 568 g/mol. The molecule has 0 spiro atoms. The van der Waals surface area contributed by atoms with Crippen molar-refractivity contribution in [3.05, 3.63) is 78.0 Å². The zero-order chi connectivity index (χ0) is 28.6. The minimum Gasteiger partial charge on any atom is -0.454 e. The van der Waals surface area contributed by atoms with Crippen LogP contribution in [0.25, 0.3) is 0 Å². The number of urea groups is 1. The van der Waals surface area contributed by atoms with Crippen molar-refractivity contribution in [2.45, 2.75) is 12.8 Å². The zero-order valence-electron chi connectivity index (χ0n) is 22.1. The second kappa shape index (κ2) is 13.3. The van der Waals surface area contributed by atoms with E-state index in [9.17, 15) is 18.4 Å². The molecule has 1 aliphatic rings. The van der Waals surface area contributed by atoms with E-state index in [0.29, 0.717) is 41.8 Å². The molecule has 0 saturated carbocycles. The predicted octanol–water partition coefficient (Wildman–Crippen LogP) is 4.62. The number of thiocarbonyl (C=S) groups is 1. The van der Waals surface area contributed by atoms with E-state index in [1.807, 2.05) is 14.1 Å². The summed E-state index contributed by atoms with van der Waals surface area (Å²) in [7, 11) is 4.03. The van der Waals surface area contributed by atoms with Crippen LogP contribution < -0.4 is 20.7 Å². The molecule has 0 unspecified atom stereocenters. The first kappa shape index (κ1) is 28.8. The van der Waals surface area contributed by atoms with Crippen LogP contribution in [0.1, 0.15) is 12.0 Å². The van der Waals surface area contributed by atoms with Gasteiger partial charge in [-0.3, -0.25) is 10.1 Å². The first-order valence-electron chi connectivity index (χ1n) is 12.6. The van der Waals surface area contributed by atoms with Crippen molar-refractivity contribution in [2.24, 2.45) is 5.92 Å². The van der Waals surface area contributed by atoms with Gasteiger partial charge >= 0.3 is 6.03 Å². The van der Waals surface area contributed by atoms with Gasteiger partial charge in [0, 0.05) is 43.7 Å². The number of carbonyl (C=O) groups is 2. The summed E-state index contributed by atoms with van der Waals surface area (Å²) in [5.41, 5.74) is 0.926. The molecule has 1 aromatic heterocycles. The molecule has 0 aliphatic carbocycles. The van der Waals surface area contributed by atoms with Crippen LogP contribution in [0.2, 0.25) is 0 Å². The van der Waals surface area contributed by atoms with E-state index in [4.69, 9.17) is 17.0 Å². The molecule has 2 aromatic carbocycles. The van der Waals surface area contributed by atoms with E-state index in [0.717, 1.165) is 13.0 Å². The van der Waals surface area contributed by atoms with Gasteiger partial charge in [-0.1, -0.05) is 12.1 Å². The topological polar surface area (TPSA) is 98.8 Å². The molecule has 40 heavy (non-hydrogen) atoms. The van der Waals surface area contributed by atoms with Crippen molar-refractivity contribution in [1.29, 1.82) is 0 Å². The third-order valence-corrected chi connectivity index (χ3v) is 6.32. The van der Waals surface area contributed by atoms with E-state index in [1.54, 1.807) is 11.0 Å². The fraction of sp³-hybridized carbons (Fsp3) is 0.286. The van der Waals surface area contributed by atoms with Gasteiger partial charge in [0.1, 0.15) is 17.4 Å². The lowest BCUT2D eigenvalue weighted by molar-refractivity contribution is -0.119. The maximum atomic E-state index is 14.8. The Hall–Kier alpha value is -4.16. The summed E-state index contributed by atoms with van der Waals surface area (Å²) in [4.78, 5) is 32.9. The first-order valence-corrected chi connectivity index (χ1v) is 13.0. The van der Waals surface area contributed by atoms with Crippen molar-refractivity contribution in [3.8, 4) is 11.5 Å². The van der Waals surface area contributed by atoms with Gasteiger partial charge in [0.05, 0.1) is 6.42 Å². The van der Waals surface area contributed by atoms with E-state index in [1.165, 1.54) is 54.7 Å². The van der Waals surface area contributed by atoms with Gasteiger partial charge in [0.25, 0.3) is 0 Å². The fourth-order valence-corrected chi connectivity index (χ4v) is 4.55. The molecule has 1 atom stereocenters. The van der Waals surface area contributed by atoms with Crippen molar-refractivity contribution >= 4 is 40.8 Å². The lowest BCUT2D eigenvalue weighted by Crippen LogP contribution is -2.35. The highest BCUT2D eigenvalue weighted by Gasteiger charge is 2.26. The van der Waals surface area contributed by atoms with Gasteiger partial charge < -0.3 is 25.2 Å². The Kier molecular flexibility index (Phi) is 9.56. The number of ether oxygens (including phenoxy) is 1. The smallest absolute Gasteiger partial charge is 0.323 e.